The normalized spacial score (nSPS) is 12.9. The quantitative estimate of drug-likeness (QED) is 0.562. The van der Waals surface area contributed by atoms with E-state index in [0.29, 0.717) is 6.61 Å². The number of aliphatic hydroxyl groups is 1. The number of allylic oxidation sites excluding steroid dienone is 1. The van der Waals surface area contributed by atoms with E-state index in [1.807, 2.05) is 6.08 Å². The Morgan fingerprint density at radius 3 is 2.64 bits per heavy atom. The summed E-state index contributed by atoms with van der Waals surface area (Å²) in [4.78, 5) is 0. The van der Waals surface area contributed by atoms with Crippen LogP contribution in [0.3, 0.4) is 0 Å². The lowest BCUT2D eigenvalue weighted by Gasteiger charge is -2.11. The second-order valence-corrected chi connectivity index (χ2v) is 3.01. The molecule has 0 aliphatic carbocycles. The maximum atomic E-state index is 8.62. The molecule has 0 bridgehead atoms. The third-order valence-electron chi connectivity index (χ3n) is 2.13. The van der Waals surface area contributed by atoms with Crippen LogP contribution in [0, 0.1) is 5.92 Å². The van der Waals surface area contributed by atoms with Crippen molar-refractivity contribution in [2.75, 3.05) is 6.61 Å². The molecule has 0 aromatic heterocycles. The molecule has 0 saturated carbocycles. The highest BCUT2D eigenvalue weighted by Gasteiger charge is 2.03. The third kappa shape index (κ3) is 6.11. The monoisotopic (exact) mass is 156 g/mol. The number of hydrogen-bond acceptors (Lipinski definition) is 1. The van der Waals surface area contributed by atoms with E-state index < -0.39 is 0 Å². The van der Waals surface area contributed by atoms with Gasteiger partial charge in [0.15, 0.2) is 0 Å². The fraction of sp³-hybridized carbons (Fsp3) is 0.800. The molecule has 0 amide bonds. The van der Waals surface area contributed by atoms with Crippen molar-refractivity contribution in [2.24, 2.45) is 5.92 Å². The van der Waals surface area contributed by atoms with Crippen LogP contribution in [0.25, 0.3) is 0 Å². The van der Waals surface area contributed by atoms with Gasteiger partial charge in [0.25, 0.3) is 0 Å². The molecule has 1 unspecified atom stereocenters. The van der Waals surface area contributed by atoms with Gasteiger partial charge in [-0.3, -0.25) is 0 Å². The second-order valence-electron chi connectivity index (χ2n) is 3.01. The zero-order chi connectivity index (χ0) is 8.53. The van der Waals surface area contributed by atoms with Gasteiger partial charge >= 0.3 is 0 Å². The van der Waals surface area contributed by atoms with Crippen LogP contribution < -0.4 is 0 Å². The van der Waals surface area contributed by atoms with E-state index in [0.717, 1.165) is 18.8 Å². The number of hydrogen-bond donors (Lipinski definition) is 1. The van der Waals surface area contributed by atoms with Crippen molar-refractivity contribution in [3.63, 3.8) is 0 Å². The minimum atomic E-state index is 0.338. The Hall–Kier alpha value is -0.300. The third-order valence-corrected chi connectivity index (χ3v) is 2.13. The molecular weight excluding hydrogens is 136 g/mol. The Morgan fingerprint density at radius 1 is 1.45 bits per heavy atom. The highest BCUT2D eigenvalue weighted by molar-refractivity contribution is 4.69. The van der Waals surface area contributed by atoms with Crippen LogP contribution in [0.1, 0.15) is 39.0 Å². The molecule has 0 rings (SSSR count). The lowest BCUT2D eigenvalue weighted by atomic mass is 9.95. The van der Waals surface area contributed by atoms with Crippen molar-refractivity contribution in [1.82, 2.24) is 0 Å². The van der Waals surface area contributed by atoms with Crippen molar-refractivity contribution in [3.8, 4) is 0 Å². The van der Waals surface area contributed by atoms with Gasteiger partial charge in [0.2, 0.25) is 0 Å². The first kappa shape index (κ1) is 10.7. The number of aliphatic hydroxyl groups excluding tert-OH is 1. The van der Waals surface area contributed by atoms with Crippen molar-refractivity contribution < 1.29 is 5.11 Å². The van der Waals surface area contributed by atoms with Gasteiger partial charge in [0.1, 0.15) is 0 Å². The molecule has 0 aromatic carbocycles. The van der Waals surface area contributed by atoms with Gasteiger partial charge in [-0.2, -0.15) is 0 Å². The molecular formula is C10H20O. The van der Waals surface area contributed by atoms with Crippen LogP contribution in [-0.4, -0.2) is 11.7 Å². The smallest absolute Gasteiger partial charge is 0.0431 e. The molecule has 66 valence electrons. The van der Waals surface area contributed by atoms with Crippen molar-refractivity contribution in [1.29, 1.82) is 0 Å². The topological polar surface area (TPSA) is 20.2 Å². The molecule has 11 heavy (non-hydrogen) atoms. The minimum Gasteiger partial charge on any atom is -0.396 e. The van der Waals surface area contributed by atoms with E-state index in [-0.39, 0.29) is 0 Å². The van der Waals surface area contributed by atoms with Crippen LogP contribution in [-0.2, 0) is 0 Å². The summed E-state index contributed by atoms with van der Waals surface area (Å²) in [7, 11) is 0. The summed E-state index contributed by atoms with van der Waals surface area (Å²) in [5.41, 5.74) is 0. The maximum absolute atomic E-state index is 8.62. The first-order chi connectivity index (χ1) is 5.35. The molecule has 1 N–H and O–H groups in total. The van der Waals surface area contributed by atoms with E-state index in [2.05, 4.69) is 13.5 Å². The lowest BCUT2D eigenvalue weighted by Crippen LogP contribution is -1.99. The Bertz CT molecular complexity index is 88.9. The first-order valence-corrected chi connectivity index (χ1v) is 4.56. The first-order valence-electron chi connectivity index (χ1n) is 4.56. The fourth-order valence-corrected chi connectivity index (χ4v) is 1.29. The van der Waals surface area contributed by atoms with Gasteiger partial charge in [-0.15, -0.1) is 6.58 Å². The van der Waals surface area contributed by atoms with Gasteiger partial charge in [0, 0.05) is 6.61 Å². The molecule has 1 heteroatoms. The Morgan fingerprint density at radius 2 is 2.18 bits per heavy atom. The van der Waals surface area contributed by atoms with Crippen molar-refractivity contribution in [3.05, 3.63) is 12.7 Å². The van der Waals surface area contributed by atoms with Crippen molar-refractivity contribution in [2.45, 2.75) is 39.0 Å². The Balaban J connectivity index is 3.32. The molecule has 1 atom stereocenters. The van der Waals surface area contributed by atoms with Gasteiger partial charge in [0.05, 0.1) is 0 Å². The summed E-state index contributed by atoms with van der Waals surface area (Å²) in [6.07, 6.45) is 7.68. The zero-order valence-electron chi connectivity index (χ0n) is 7.55. The molecule has 0 aliphatic rings. The molecule has 0 spiro atoms. The van der Waals surface area contributed by atoms with Crippen LogP contribution in [0.15, 0.2) is 12.7 Å². The predicted molar refractivity (Wildman–Crippen MR) is 49.5 cm³/mol. The van der Waals surface area contributed by atoms with E-state index in [9.17, 15) is 0 Å². The number of rotatable bonds is 7. The van der Waals surface area contributed by atoms with Crippen LogP contribution in [0.5, 0.6) is 0 Å². The van der Waals surface area contributed by atoms with Crippen LogP contribution in [0.4, 0.5) is 0 Å². The summed E-state index contributed by atoms with van der Waals surface area (Å²) in [6, 6.07) is 0. The van der Waals surface area contributed by atoms with E-state index in [1.165, 1.54) is 19.3 Å². The molecule has 1 nitrogen and oxygen atoms in total. The fourth-order valence-electron chi connectivity index (χ4n) is 1.29. The standard InChI is InChI=1S/C10H20O/c1-3-5-7-10(4-2)8-6-9-11/h3,10-11H,1,4-9H2,2H3. The Kier molecular flexibility index (Phi) is 7.59. The largest absolute Gasteiger partial charge is 0.396 e. The van der Waals surface area contributed by atoms with Gasteiger partial charge in [-0.25, -0.2) is 0 Å². The molecule has 0 aromatic rings. The van der Waals surface area contributed by atoms with E-state index in [1.54, 1.807) is 0 Å². The van der Waals surface area contributed by atoms with E-state index in [4.69, 9.17) is 5.11 Å². The molecule has 0 fully saturated rings. The summed E-state index contributed by atoms with van der Waals surface area (Å²) < 4.78 is 0. The average Bonchev–Trinajstić information content (AvgIpc) is 2.05. The van der Waals surface area contributed by atoms with Gasteiger partial charge in [-0.05, 0) is 31.6 Å². The Labute approximate surface area is 70.1 Å². The average molecular weight is 156 g/mol. The molecule has 0 heterocycles. The summed E-state index contributed by atoms with van der Waals surface area (Å²) in [6.45, 7) is 6.25. The lowest BCUT2D eigenvalue weighted by molar-refractivity contribution is 0.267. The van der Waals surface area contributed by atoms with Gasteiger partial charge < -0.3 is 5.11 Å². The summed E-state index contributed by atoms with van der Waals surface area (Å²) in [5.74, 6) is 0.792. The van der Waals surface area contributed by atoms with Gasteiger partial charge in [-0.1, -0.05) is 19.4 Å². The van der Waals surface area contributed by atoms with Crippen molar-refractivity contribution >= 4 is 0 Å². The molecule has 0 saturated heterocycles. The zero-order valence-corrected chi connectivity index (χ0v) is 7.55. The highest BCUT2D eigenvalue weighted by Crippen LogP contribution is 2.16. The molecule has 0 radical (unpaired) electrons. The summed E-state index contributed by atoms with van der Waals surface area (Å²) in [5, 5.41) is 8.62. The second kappa shape index (κ2) is 7.80. The maximum Gasteiger partial charge on any atom is 0.0431 e. The van der Waals surface area contributed by atoms with Crippen LogP contribution >= 0.6 is 0 Å². The SMILES string of the molecule is C=CCCC(CC)CCCO. The van der Waals surface area contributed by atoms with Crippen LogP contribution in [0.2, 0.25) is 0 Å². The highest BCUT2D eigenvalue weighted by atomic mass is 16.2. The van der Waals surface area contributed by atoms with E-state index >= 15 is 0 Å². The summed E-state index contributed by atoms with van der Waals surface area (Å²) >= 11 is 0. The minimum absolute atomic E-state index is 0.338. The molecule has 0 aliphatic heterocycles. The predicted octanol–water partition coefficient (Wildman–Crippen LogP) is 2.75.